The molecule has 0 bridgehead atoms. The highest BCUT2D eigenvalue weighted by molar-refractivity contribution is 5.43. The molecule has 0 radical (unpaired) electrons. The van der Waals surface area contributed by atoms with Gasteiger partial charge in [0.2, 0.25) is 0 Å². The zero-order chi connectivity index (χ0) is 22.8. The fraction of sp³-hybridized carbons (Fsp3) is 0.806. The normalized spacial score (nSPS) is 11.7. The molecule has 0 atom stereocenters. The van der Waals surface area contributed by atoms with Crippen molar-refractivity contribution >= 4 is 6.08 Å². The van der Waals surface area contributed by atoms with Crippen molar-refractivity contribution in [3.8, 4) is 0 Å². The lowest BCUT2D eigenvalue weighted by molar-refractivity contribution is 0.518. The lowest BCUT2D eigenvalue weighted by Gasteiger charge is -2.04. The third-order valence-corrected chi connectivity index (χ3v) is 6.89. The maximum atomic E-state index is 3.22. The first kappa shape index (κ1) is 29.1. The number of aromatic nitrogens is 1. The summed E-state index contributed by atoms with van der Waals surface area (Å²) in [6, 6.07) is 4.18. The summed E-state index contributed by atoms with van der Waals surface area (Å²) < 4.78 is 0. The minimum Gasteiger partial charge on any atom is -0.362 e. The molecule has 0 aliphatic heterocycles. The van der Waals surface area contributed by atoms with Crippen LogP contribution in [0.4, 0.5) is 0 Å². The highest BCUT2D eigenvalue weighted by Gasteiger charge is 1.96. The predicted octanol–water partition coefficient (Wildman–Crippen LogP) is 11.4. The van der Waals surface area contributed by atoms with Gasteiger partial charge in [0.05, 0.1) is 0 Å². The van der Waals surface area contributed by atoms with E-state index in [-0.39, 0.29) is 0 Å². The van der Waals surface area contributed by atoms with Gasteiger partial charge in [0.25, 0.3) is 0 Å². The van der Waals surface area contributed by atoms with E-state index < -0.39 is 0 Å². The van der Waals surface area contributed by atoms with Crippen LogP contribution in [0.25, 0.3) is 6.08 Å². The van der Waals surface area contributed by atoms with Gasteiger partial charge in [-0.1, -0.05) is 154 Å². The molecule has 0 amide bonds. The standard InChI is InChI=1S/C31H57N/c1-2-3-4-5-6-7-8-9-10-11-12-13-14-15-16-17-18-19-20-21-22-23-24-25-26-28-31-29-27-30-32-31/h26-30,32H,2-25H2,1H3. The van der Waals surface area contributed by atoms with Gasteiger partial charge in [-0.05, 0) is 31.1 Å². The molecule has 0 unspecified atom stereocenters. The minimum atomic E-state index is 1.22. The van der Waals surface area contributed by atoms with Crippen LogP contribution in [0.3, 0.4) is 0 Å². The Labute approximate surface area is 202 Å². The second-order valence-electron chi connectivity index (χ2n) is 10.1. The molecule has 1 heteroatoms. The van der Waals surface area contributed by atoms with Gasteiger partial charge in [-0.2, -0.15) is 0 Å². The van der Waals surface area contributed by atoms with Crippen LogP contribution in [0.15, 0.2) is 24.4 Å². The molecule has 0 fully saturated rings. The van der Waals surface area contributed by atoms with Gasteiger partial charge in [-0.15, -0.1) is 0 Å². The minimum absolute atomic E-state index is 1.22. The topological polar surface area (TPSA) is 15.8 Å². The number of unbranched alkanes of at least 4 members (excludes halogenated alkanes) is 23. The van der Waals surface area contributed by atoms with Crippen molar-refractivity contribution < 1.29 is 0 Å². The molecule has 0 saturated heterocycles. The van der Waals surface area contributed by atoms with E-state index in [1.807, 2.05) is 6.20 Å². The fourth-order valence-corrected chi connectivity index (χ4v) is 4.71. The number of H-pyrrole nitrogens is 1. The number of aromatic amines is 1. The van der Waals surface area contributed by atoms with Gasteiger partial charge < -0.3 is 4.98 Å². The molecule has 1 heterocycles. The van der Waals surface area contributed by atoms with Crippen LogP contribution in [-0.4, -0.2) is 4.98 Å². The summed E-state index contributed by atoms with van der Waals surface area (Å²) in [5, 5.41) is 0. The Kier molecular flexibility index (Phi) is 22.4. The van der Waals surface area contributed by atoms with Crippen LogP contribution in [0, 0.1) is 0 Å². The summed E-state index contributed by atoms with van der Waals surface area (Å²) in [5.74, 6) is 0. The number of hydrogen-bond acceptors (Lipinski definition) is 0. The molecule has 0 aliphatic rings. The van der Waals surface area contributed by atoms with Crippen molar-refractivity contribution in [1.82, 2.24) is 4.98 Å². The van der Waals surface area contributed by atoms with Crippen molar-refractivity contribution in [3.63, 3.8) is 0 Å². The second-order valence-corrected chi connectivity index (χ2v) is 10.1. The molecule has 1 aromatic rings. The maximum absolute atomic E-state index is 3.22. The molecule has 0 spiro atoms. The molecule has 0 aromatic carbocycles. The van der Waals surface area contributed by atoms with E-state index in [9.17, 15) is 0 Å². The lowest BCUT2D eigenvalue weighted by Crippen LogP contribution is -1.84. The van der Waals surface area contributed by atoms with Crippen LogP contribution in [-0.2, 0) is 0 Å². The summed E-state index contributed by atoms with van der Waals surface area (Å²) >= 11 is 0. The molecule has 1 rings (SSSR count). The summed E-state index contributed by atoms with van der Waals surface area (Å²) in [6.07, 6.45) is 41.2. The number of allylic oxidation sites excluding steroid dienone is 1. The van der Waals surface area contributed by atoms with E-state index in [0.29, 0.717) is 0 Å². The zero-order valence-electron chi connectivity index (χ0n) is 21.9. The van der Waals surface area contributed by atoms with Gasteiger partial charge in [0, 0.05) is 11.9 Å². The Morgan fingerprint density at radius 1 is 0.531 bits per heavy atom. The van der Waals surface area contributed by atoms with Gasteiger partial charge >= 0.3 is 0 Å². The predicted molar refractivity (Wildman–Crippen MR) is 146 cm³/mol. The molecule has 32 heavy (non-hydrogen) atoms. The lowest BCUT2D eigenvalue weighted by atomic mass is 10.0. The number of rotatable bonds is 25. The Bertz CT molecular complexity index is 473. The third kappa shape index (κ3) is 20.9. The van der Waals surface area contributed by atoms with E-state index in [1.165, 1.54) is 160 Å². The first-order valence-electron chi connectivity index (χ1n) is 14.7. The van der Waals surface area contributed by atoms with Gasteiger partial charge in [-0.3, -0.25) is 0 Å². The van der Waals surface area contributed by atoms with E-state index in [4.69, 9.17) is 0 Å². The first-order valence-corrected chi connectivity index (χ1v) is 14.7. The third-order valence-electron chi connectivity index (χ3n) is 6.89. The van der Waals surface area contributed by atoms with Crippen molar-refractivity contribution in [2.24, 2.45) is 0 Å². The number of hydrogen-bond donors (Lipinski definition) is 1. The molecule has 1 N–H and O–H groups in total. The largest absolute Gasteiger partial charge is 0.362 e. The van der Waals surface area contributed by atoms with Crippen LogP contribution < -0.4 is 0 Å². The molecule has 0 aliphatic carbocycles. The van der Waals surface area contributed by atoms with Crippen LogP contribution in [0.2, 0.25) is 0 Å². The van der Waals surface area contributed by atoms with Gasteiger partial charge in [0.1, 0.15) is 0 Å². The highest BCUT2D eigenvalue weighted by atomic mass is 14.7. The van der Waals surface area contributed by atoms with Crippen LogP contribution in [0.1, 0.15) is 167 Å². The van der Waals surface area contributed by atoms with Crippen molar-refractivity contribution in [1.29, 1.82) is 0 Å². The van der Waals surface area contributed by atoms with Crippen LogP contribution in [0.5, 0.6) is 0 Å². The van der Waals surface area contributed by atoms with Crippen molar-refractivity contribution in [2.75, 3.05) is 0 Å². The van der Waals surface area contributed by atoms with E-state index in [0.717, 1.165) is 0 Å². The average molecular weight is 444 g/mol. The van der Waals surface area contributed by atoms with E-state index in [2.05, 4.69) is 36.2 Å². The average Bonchev–Trinajstić information content (AvgIpc) is 3.32. The monoisotopic (exact) mass is 443 g/mol. The fourth-order valence-electron chi connectivity index (χ4n) is 4.71. The molecule has 186 valence electrons. The molecular weight excluding hydrogens is 386 g/mol. The highest BCUT2D eigenvalue weighted by Crippen LogP contribution is 2.15. The Balaban J connectivity index is 1.64. The quantitative estimate of drug-likeness (QED) is 0.145. The summed E-state index contributed by atoms with van der Waals surface area (Å²) in [7, 11) is 0. The molecule has 0 saturated carbocycles. The summed E-state index contributed by atoms with van der Waals surface area (Å²) in [6.45, 7) is 2.30. The van der Waals surface area contributed by atoms with Gasteiger partial charge in [-0.25, -0.2) is 0 Å². The van der Waals surface area contributed by atoms with Crippen molar-refractivity contribution in [3.05, 3.63) is 30.1 Å². The second kappa shape index (κ2) is 24.7. The Morgan fingerprint density at radius 2 is 0.906 bits per heavy atom. The van der Waals surface area contributed by atoms with E-state index >= 15 is 0 Å². The zero-order valence-corrected chi connectivity index (χ0v) is 21.9. The van der Waals surface area contributed by atoms with Crippen LogP contribution >= 0.6 is 0 Å². The first-order chi connectivity index (χ1) is 15.9. The van der Waals surface area contributed by atoms with E-state index in [1.54, 1.807) is 0 Å². The molecular formula is C31H57N. The summed E-state index contributed by atoms with van der Waals surface area (Å²) in [4.78, 5) is 3.22. The molecule has 1 nitrogen and oxygen atoms in total. The number of nitrogens with one attached hydrogen (secondary N) is 1. The molecule has 1 aromatic heterocycles. The SMILES string of the molecule is CCCCCCCCCCCCCCCCCCCCCCCCCC=Cc1ccc[nH]1. The van der Waals surface area contributed by atoms with Crippen molar-refractivity contribution in [2.45, 2.75) is 161 Å². The summed E-state index contributed by atoms with van der Waals surface area (Å²) in [5.41, 5.74) is 1.22. The smallest absolute Gasteiger partial charge is 0.0377 e. The Morgan fingerprint density at radius 3 is 1.25 bits per heavy atom. The van der Waals surface area contributed by atoms with Gasteiger partial charge in [0.15, 0.2) is 0 Å². The maximum Gasteiger partial charge on any atom is 0.0377 e. The Hall–Kier alpha value is -0.980.